The Morgan fingerprint density at radius 1 is 1.29 bits per heavy atom. The fourth-order valence-corrected chi connectivity index (χ4v) is 3.42. The molecule has 1 spiro atoms. The van der Waals surface area contributed by atoms with E-state index in [0.717, 1.165) is 19.8 Å². The van der Waals surface area contributed by atoms with Crippen LogP contribution < -0.4 is 5.32 Å². The Labute approximate surface area is 106 Å². The quantitative estimate of drug-likeness (QED) is 0.744. The average Bonchev–Trinajstić information content (AvgIpc) is 2.81. The molecule has 2 fully saturated rings. The molecule has 1 saturated carbocycles. The van der Waals surface area contributed by atoms with Crippen LogP contribution in [0.5, 0.6) is 0 Å². The first-order valence-electron chi connectivity index (χ1n) is 7.37. The second-order valence-electron chi connectivity index (χ2n) is 5.56. The molecule has 1 N–H and O–H groups in total. The molecule has 2 rings (SSSR count). The molecule has 2 aliphatic rings. The monoisotopic (exact) mass is 240 g/mol. The van der Waals surface area contributed by atoms with E-state index >= 15 is 0 Å². The Bertz CT molecular complexity index is 226. The topological polar surface area (TPSA) is 24.5 Å². The maximum absolute atomic E-state index is 5.55. The minimum atomic E-state index is 0.461. The van der Waals surface area contributed by atoms with Gasteiger partial charge in [0.05, 0.1) is 6.61 Å². The lowest BCUT2D eigenvalue weighted by molar-refractivity contribution is 0.0143. The second kappa shape index (κ2) is 6.17. The van der Waals surface area contributed by atoms with Gasteiger partial charge in [0, 0.05) is 37.8 Å². The summed E-state index contributed by atoms with van der Waals surface area (Å²) in [4.78, 5) is 2.72. The fourth-order valence-electron chi connectivity index (χ4n) is 3.42. The first-order valence-corrected chi connectivity index (χ1v) is 7.37. The van der Waals surface area contributed by atoms with E-state index in [0.29, 0.717) is 11.6 Å². The zero-order valence-corrected chi connectivity index (χ0v) is 11.5. The van der Waals surface area contributed by atoms with E-state index in [1.165, 1.54) is 45.2 Å². The van der Waals surface area contributed by atoms with Crippen LogP contribution in [0.1, 0.15) is 46.0 Å². The van der Waals surface area contributed by atoms with Gasteiger partial charge in [0.15, 0.2) is 0 Å². The van der Waals surface area contributed by atoms with Crippen LogP contribution >= 0.6 is 0 Å². The van der Waals surface area contributed by atoms with Crippen LogP contribution in [-0.2, 0) is 4.74 Å². The molecule has 1 saturated heterocycles. The minimum Gasteiger partial charge on any atom is -0.380 e. The van der Waals surface area contributed by atoms with Crippen LogP contribution in [0.3, 0.4) is 0 Å². The van der Waals surface area contributed by atoms with Crippen molar-refractivity contribution in [3.05, 3.63) is 0 Å². The lowest BCUT2D eigenvalue weighted by Gasteiger charge is -2.48. The molecular weight excluding hydrogens is 212 g/mol. The third-order valence-electron chi connectivity index (χ3n) is 4.57. The minimum absolute atomic E-state index is 0.461. The Hall–Kier alpha value is -0.120. The van der Waals surface area contributed by atoms with Crippen LogP contribution in [0.2, 0.25) is 0 Å². The summed E-state index contributed by atoms with van der Waals surface area (Å²) < 4.78 is 5.55. The third kappa shape index (κ3) is 3.01. The van der Waals surface area contributed by atoms with Crippen molar-refractivity contribution in [2.45, 2.75) is 57.5 Å². The lowest BCUT2D eigenvalue weighted by atomic mass is 9.90. The highest BCUT2D eigenvalue weighted by molar-refractivity contribution is 5.01. The Balaban J connectivity index is 1.93. The highest BCUT2D eigenvalue weighted by Crippen LogP contribution is 2.36. The molecule has 3 nitrogen and oxygen atoms in total. The van der Waals surface area contributed by atoms with E-state index in [9.17, 15) is 0 Å². The molecular formula is C14H28N2O. The van der Waals surface area contributed by atoms with E-state index in [1.807, 2.05) is 0 Å². The molecule has 1 heterocycles. The number of hydrogen-bond donors (Lipinski definition) is 1. The van der Waals surface area contributed by atoms with Gasteiger partial charge in [0.25, 0.3) is 0 Å². The van der Waals surface area contributed by atoms with E-state index < -0.39 is 0 Å². The van der Waals surface area contributed by atoms with Crippen molar-refractivity contribution >= 4 is 0 Å². The first-order chi connectivity index (χ1) is 8.30. The zero-order valence-electron chi connectivity index (χ0n) is 11.5. The van der Waals surface area contributed by atoms with Crippen molar-refractivity contribution in [1.82, 2.24) is 10.2 Å². The highest BCUT2D eigenvalue weighted by Gasteiger charge is 2.42. The molecule has 100 valence electrons. The molecule has 17 heavy (non-hydrogen) atoms. The number of nitrogens with zero attached hydrogens (tertiary/aromatic N) is 1. The molecule has 0 aromatic carbocycles. The van der Waals surface area contributed by atoms with Crippen molar-refractivity contribution in [1.29, 1.82) is 0 Å². The third-order valence-corrected chi connectivity index (χ3v) is 4.57. The van der Waals surface area contributed by atoms with Crippen LogP contribution in [0.4, 0.5) is 0 Å². The van der Waals surface area contributed by atoms with E-state index in [1.54, 1.807) is 0 Å². The molecule has 0 aromatic rings. The van der Waals surface area contributed by atoms with Crippen molar-refractivity contribution in [2.75, 3.05) is 32.8 Å². The lowest BCUT2D eigenvalue weighted by Crippen LogP contribution is -2.63. The van der Waals surface area contributed by atoms with Gasteiger partial charge in [-0.2, -0.15) is 0 Å². The summed E-state index contributed by atoms with van der Waals surface area (Å²) in [6.45, 7) is 9.63. The standard InChI is InChI=1S/C14H28N2O/c1-3-13-11-16(9-10-17-4-2)14(12-15-13)7-5-6-8-14/h13,15H,3-12H2,1-2H3. The summed E-state index contributed by atoms with van der Waals surface area (Å²) in [7, 11) is 0. The van der Waals surface area contributed by atoms with Crippen molar-refractivity contribution in [3.8, 4) is 0 Å². The number of nitrogens with one attached hydrogen (secondary N) is 1. The van der Waals surface area contributed by atoms with Crippen molar-refractivity contribution in [3.63, 3.8) is 0 Å². The molecule has 3 heteroatoms. The van der Waals surface area contributed by atoms with Crippen LogP contribution in [-0.4, -0.2) is 49.3 Å². The molecule has 1 atom stereocenters. The number of piperazine rings is 1. The normalized spacial score (nSPS) is 28.9. The van der Waals surface area contributed by atoms with Gasteiger partial charge in [-0.05, 0) is 26.2 Å². The maximum atomic E-state index is 5.55. The van der Waals surface area contributed by atoms with Gasteiger partial charge in [-0.3, -0.25) is 4.90 Å². The summed E-state index contributed by atoms with van der Waals surface area (Å²) in [5.74, 6) is 0. The van der Waals surface area contributed by atoms with Gasteiger partial charge in [-0.15, -0.1) is 0 Å². The molecule has 0 amide bonds. The SMILES string of the molecule is CCOCCN1CC(CC)NCC12CCCC2. The number of rotatable bonds is 5. The zero-order chi connectivity index (χ0) is 12.1. The molecule has 1 aliphatic heterocycles. The van der Waals surface area contributed by atoms with Gasteiger partial charge in [-0.1, -0.05) is 19.8 Å². The van der Waals surface area contributed by atoms with Crippen molar-refractivity contribution in [2.24, 2.45) is 0 Å². The number of hydrogen-bond acceptors (Lipinski definition) is 3. The predicted octanol–water partition coefficient (Wildman–Crippen LogP) is 2.02. The first kappa shape index (κ1) is 13.3. The molecule has 0 aromatic heterocycles. The number of ether oxygens (including phenoxy) is 1. The Morgan fingerprint density at radius 2 is 2.06 bits per heavy atom. The highest BCUT2D eigenvalue weighted by atomic mass is 16.5. The summed E-state index contributed by atoms with van der Waals surface area (Å²) in [6.07, 6.45) is 6.81. The second-order valence-corrected chi connectivity index (χ2v) is 5.56. The van der Waals surface area contributed by atoms with Gasteiger partial charge in [0.2, 0.25) is 0 Å². The molecule has 1 aliphatic carbocycles. The van der Waals surface area contributed by atoms with Crippen LogP contribution in [0.15, 0.2) is 0 Å². The van der Waals surface area contributed by atoms with Gasteiger partial charge in [-0.25, -0.2) is 0 Å². The Kier molecular flexibility index (Phi) is 4.83. The van der Waals surface area contributed by atoms with Crippen molar-refractivity contribution < 1.29 is 4.74 Å². The summed E-state index contributed by atoms with van der Waals surface area (Å²) in [6, 6.07) is 0.683. The predicted molar refractivity (Wildman–Crippen MR) is 71.3 cm³/mol. The Morgan fingerprint density at radius 3 is 2.71 bits per heavy atom. The summed E-state index contributed by atoms with van der Waals surface area (Å²) in [5.41, 5.74) is 0.461. The summed E-state index contributed by atoms with van der Waals surface area (Å²) in [5, 5.41) is 3.74. The smallest absolute Gasteiger partial charge is 0.0593 e. The summed E-state index contributed by atoms with van der Waals surface area (Å²) >= 11 is 0. The van der Waals surface area contributed by atoms with Crippen LogP contribution in [0.25, 0.3) is 0 Å². The van der Waals surface area contributed by atoms with E-state index in [4.69, 9.17) is 4.74 Å². The molecule has 0 bridgehead atoms. The van der Waals surface area contributed by atoms with Crippen LogP contribution in [0, 0.1) is 0 Å². The van der Waals surface area contributed by atoms with Gasteiger partial charge >= 0.3 is 0 Å². The van der Waals surface area contributed by atoms with Gasteiger partial charge < -0.3 is 10.1 Å². The van der Waals surface area contributed by atoms with E-state index in [-0.39, 0.29) is 0 Å². The van der Waals surface area contributed by atoms with E-state index in [2.05, 4.69) is 24.1 Å². The maximum Gasteiger partial charge on any atom is 0.0593 e. The molecule has 0 radical (unpaired) electrons. The average molecular weight is 240 g/mol. The fraction of sp³-hybridized carbons (Fsp3) is 1.00. The van der Waals surface area contributed by atoms with Gasteiger partial charge in [0.1, 0.15) is 0 Å². The molecule has 1 unspecified atom stereocenters. The largest absolute Gasteiger partial charge is 0.380 e.